The van der Waals surface area contributed by atoms with Crippen LogP contribution in [0.5, 0.6) is 0 Å². The fourth-order valence-corrected chi connectivity index (χ4v) is 3.23. The van der Waals surface area contributed by atoms with Crippen molar-refractivity contribution in [3.63, 3.8) is 0 Å². The van der Waals surface area contributed by atoms with Crippen molar-refractivity contribution in [3.8, 4) is 11.1 Å². The molecule has 1 aliphatic heterocycles. The number of pyridine rings is 1. The molecule has 5 heteroatoms. The Bertz CT molecular complexity index is 703. The first-order chi connectivity index (χ1) is 11.6. The van der Waals surface area contributed by atoms with Crippen molar-refractivity contribution in [3.05, 3.63) is 53.9 Å². The van der Waals surface area contributed by atoms with Crippen LogP contribution >= 0.6 is 0 Å². The van der Waals surface area contributed by atoms with Gasteiger partial charge in [-0.3, -0.25) is 9.78 Å². The number of rotatable bonds is 4. The van der Waals surface area contributed by atoms with Gasteiger partial charge in [-0.05, 0) is 42.3 Å². The highest BCUT2D eigenvalue weighted by molar-refractivity contribution is 5.95. The van der Waals surface area contributed by atoms with Crippen LogP contribution in [0.1, 0.15) is 16.1 Å². The second kappa shape index (κ2) is 7.11. The molecule has 2 atom stereocenters. The van der Waals surface area contributed by atoms with E-state index in [1.807, 2.05) is 43.3 Å². The molecule has 1 amide bonds. The van der Waals surface area contributed by atoms with E-state index in [1.54, 1.807) is 11.1 Å². The Morgan fingerprint density at radius 3 is 2.25 bits per heavy atom. The summed E-state index contributed by atoms with van der Waals surface area (Å²) in [7, 11) is 0. The fraction of sp³-hybridized carbons (Fsp3) is 0.368. The van der Waals surface area contributed by atoms with Crippen LogP contribution in [0.25, 0.3) is 11.1 Å². The maximum Gasteiger partial charge on any atom is 0.253 e. The molecule has 5 nitrogen and oxygen atoms in total. The minimum atomic E-state index is -0.0538. The maximum atomic E-state index is 12.6. The first-order valence-corrected chi connectivity index (χ1v) is 8.16. The second-order valence-electron chi connectivity index (χ2n) is 6.36. The van der Waals surface area contributed by atoms with Crippen LogP contribution < -0.4 is 0 Å². The summed E-state index contributed by atoms with van der Waals surface area (Å²) in [6.07, 6.45) is 1.78. The van der Waals surface area contributed by atoms with E-state index in [2.05, 4.69) is 4.98 Å². The van der Waals surface area contributed by atoms with E-state index in [0.29, 0.717) is 18.7 Å². The molecule has 0 unspecified atom stereocenters. The summed E-state index contributed by atoms with van der Waals surface area (Å²) in [6, 6.07) is 11.5. The molecule has 1 aromatic heterocycles. The molecule has 1 aromatic carbocycles. The highest BCUT2D eigenvalue weighted by Gasteiger charge is 2.34. The number of hydrogen-bond donors (Lipinski definition) is 2. The summed E-state index contributed by atoms with van der Waals surface area (Å²) < 4.78 is 0. The third-order valence-corrected chi connectivity index (χ3v) is 4.69. The molecule has 24 heavy (non-hydrogen) atoms. The normalized spacial score (nSPS) is 20.4. The van der Waals surface area contributed by atoms with E-state index >= 15 is 0 Å². The first kappa shape index (κ1) is 16.6. The monoisotopic (exact) mass is 326 g/mol. The van der Waals surface area contributed by atoms with E-state index in [9.17, 15) is 15.0 Å². The SMILES string of the molecule is Cc1cc(-c2ccc(C(=O)N3C[C@@H](CO)[C@H](CO)C3)cc2)ccn1. The van der Waals surface area contributed by atoms with Crippen LogP contribution in [0.2, 0.25) is 0 Å². The van der Waals surface area contributed by atoms with Crippen molar-refractivity contribution in [1.82, 2.24) is 9.88 Å². The van der Waals surface area contributed by atoms with Gasteiger partial charge in [-0.15, -0.1) is 0 Å². The Kier molecular flexibility index (Phi) is 4.92. The minimum absolute atomic E-state index is 0.00462. The summed E-state index contributed by atoms with van der Waals surface area (Å²) in [5.74, 6) is -0.141. The van der Waals surface area contributed by atoms with Crippen LogP contribution in [0.3, 0.4) is 0 Å². The third kappa shape index (κ3) is 3.32. The van der Waals surface area contributed by atoms with Crippen LogP contribution in [0, 0.1) is 18.8 Å². The standard InChI is InChI=1S/C19H22N2O3/c1-13-8-16(6-7-20-13)14-2-4-15(5-3-14)19(24)21-9-17(11-22)18(10-21)12-23/h2-8,17-18,22-23H,9-12H2,1H3/t17-,18-/m0/s1. The lowest BCUT2D eigenvalue weighted by Gasteiger charge is -2.16. The summed E-state index contributed by atoms with van der Waals surface area (Å²) in [5, 5.41) is 18.7. The maximum absolute atomic E-state index is 12.6. The molecule has 0 aliphatic carbocycles. The number of carbonyl (C=O) groups excluding carboxylic acids is 1. The van der Waals surface area contributed by atoms with Gasteiger partial charge in [0.05, 0.1) is 0 Å². The molecular formula is C19H22N2O3. The molecule has 1 aliphatic rings. The highest BCUT2D eigenvalue weighted by Crippen LogP contribution is 2.25. The van der Waals surface area contributed by atoms with Gasteiger partial charge in [-0.25, -0.2) is 0 Å². The van der Waals surface area contributed by atoms with Gasteiger partial charge < -0.3 is 15.1 Å². The zero-order valence-electron chi connectivity index (χ0n) is 13.7. The Balaban J connectivity index is 1.75. The van der Waals surface area contributed by atoms with Crippen molar-refractivity contribution < 1.29 is 15.0 Å². The molecule has 2 N–H and O–H groups in total. The molecular weight excluding hydrogens is 304 g/mol. The molecule has 0 spiro atoms. The van der Waals surface area contributed by atoms with E-state index in [0.717, 1.165) is 16.8 Å². The Labute approximate surface area is 141 Å². The van der Waals surface area contributed by atoms with E-state index in [4.69, 9.17) is 0 Å². The lowest BCUT2D eigenvalue weighted by atomic mass is 9.98. The summed E-state index contributed by atoms with van der Waals surface area (Å²) >= 11 is 0. The smallest absolute Gasteiger partial charge is 0.253 e. The number of benzene rings is 1. The topological polar surface area (TPSA) is 73.7 Å². The predicted octanol–water partition coefficient (Wildman–Crippen LogP) is 1.73. The lowest BCUT2D eigenvalue weighted by molar-refractivity contribution is 0.0778. The molecule has 1 fully saturated rings. The molecule has 126 valence electrons. The number of carbonyl (C=O) groups is 1. The zero-order chi connectivity index (χ0) is 17.1. The van der Waals surface area contributed by atoms with Gasteiger partial charge in [0.2, 0.25) is 0 Å². The van der Waals surface area contributed by atoms with Gasteiger partial charge in [0, 0.05) is 55.6 Å². The van der Waals surface area contributed by atoms with E-state index < -0.39 is 0 Å². The van der Waals surface area contributed by atoms with E-state index in [-0.39, 0.29) is 31.0 Å². The summed E-state index contributed by atoms with van der Waals surface area (Å²) in [6.45, 7) is 2.92. The number of nitrogens with zero attached hydrogens (tertiary/aromatic N) is 2. The quantitative estimate of drug-likeness (QED) is 0.897. The molecule has 0 bridgehead atoms. The van der Waals surface area contributed by atoms with Gasteiger partial charge >= 0.3 is 0 Å². The van der Waals surface area contributed by atoms with Crippen molar-refractivity contribution in [2.75, 3.05) is 26.3 Å². The van der Waals surface area contributed by atoms with Gasteiger partial charge in [-0.1, -0.05) is 12.1 Å². The average molecular weight is 326 g/mol. The molecule has 0 radical (unpaired) electrons. The van der Waals surface area contributed by atoms with Crippen molar-refractivity contribution >= 4 is 5.91 Å². The number of aromatic nitrogens is 1. The van der Waals surface area contributed by atoms with Crippen molar-refractivity contribution in [1.29, 1.82) is 0 Å². The van der Waals surface area contributed by atoms with Gasteiger partial charge in [0.1, 0.15) is 0 Å². The lowest BCUT2D eigenvalue weighted by Crippen LogP contribution is -2.29. The molecule has 3 rings (SSSR count). The van der Waals surface area contributed by atoms with Gasteiger partial charge in [0.25, 0.3) is 5.91 Å². The molecule has 0 saturated carbocycles. The van der Waals surface area contributed by atoms with Crippen LogP contribution in [0.4, 0.5) is 0 Å². The molecule has 2 aromatic rings. The number of aliphatic hydroxyl groups excluding tert-OH is 2. The number of aryl methyl sites for hydroxylation is 1. The van der Waals surface area contributed by atoms with Crippen molar-refractivity contribution in [2.24, 2.45) is 11.8 Å². The van der Waals surface area contributed by atoms with E-state index in [1.165, 1.54) is 0 Å². The molecule has 1 saturated heterocycles. The number of hydrogen-bond acceptors (Lipinski definition) is 4. The predicted molar refractivity (Wildman–Crippen MR) is 91.5 cm³/mol. The summed E-state index contributed by atoms with van der Waals surface area (Å²) in [5.41, 5.74) is 3.69. The largest absolute Gasteiger partial charge is 0.396 e. The zero-order valence-corrected chi connectivity index (χ0v) is 13.7. The Morgan fingerprint density at radius 1 is 1.08 bits per heavy atom. The van der Waals surface area contributed by atoms with Gasteiger partial charge in [-0.2, -0.15) is 0 Å². The second-order valence-corrected chi connectivity index (χ2v) is 6.36. The van der Waals surface area contributed by atoms with Crippen LogP contribution in [-0.2, 0) is 0 Å². The number of likely N-dealkylation sites (tertiary alicyclic amines) is 1. The molecule has 2 heterocycles. The average Bonchev–Trinajstić information content (AvgIpc) is 3.04. The Hall–Kier alpha value is -2.24. The number of aliphatic hydroxyl groups is 2. The summed E-state index contributed by atoms with van der Waals surface area (Å²) in [4.78, 5) is 18.5. The Morgan fingerprint density at radius 2 is 1.71 bits per heavy atom. The van der Waals surface area contributed by atoms with Gasteiger partial charge in [0.15, 0.2) is 0 Å². The van der Waals surface area contributed by atoms with Crippen molar-refractivity contribution in [2.45, 2.75) is 6.92 Å². The fourth-order valence-electron chi connectivity index (χ4n) is 3.23. The number of amides is 1. The third-order valence-electron chi connectivity index (χ3n) is 4.69. The van der Waals surface area contributed by atoms with Crippen LogP contribution in [-0.4, -0.2) is 52.3 Å². The highest BCUT2D eigenvalue weighted by atomic mass is 16.3. The first-order valence-electron chi connectivity index (χ1n) is 8.16. The minimum Gasteiger partial charge on any atom is -0.396 e. The van der Waals surface area contributed by atoms with Crippen LogP contribution in [0.15, 0.2) is 42.6 Å².